The van der Waals surface area contributed by atoms with Gasteiger partial charge in [-0.25, -0.2) is 4.98 Å². The number of para-hydroxylation sites is 2. The zero-order valence-corrected chi connectivity index (χ0v) is 22.4. The number of aromatic nitrogens is 1. The van der Waals surface area contributed by atoms with E-state index in [1.807, 2.05) is 44.2 Å². The molecule has 0 bridgehead atoms. The molecule has 0 spiro atoms. The van der Waals surface area contributed by atoms with Crippen LogP contribution in [0.1, 0.15) is 32.2 Å². The van der Waals surface area contributed by atoms with E-state index in [9.17, 15) is 0 Å². The van der Waals surface area contributed by atoms with Crippen molar-refractivity contribution in [1.82, 2.24) is 4.98 Å². The average Bonchev–Trinajstić information content (AvgIpc) is 2.98. The largest absolute Gasteiger partial charge is 0.311 e. The standard InChI is InChI=1S/C36H34N2/c1-5-8-16-28(4)35-26-31(27-36(37-35)29(7-3)17-9-6-2)30-22-24-34(25-23-30)38(32-18-12-10-13-19-32)33-20-14-11-15-21-33/h5-27H,2H2,1,3-4H3/b8-5-,17-9-,28-16+,29-7+. The van der Waals surface area contributed by atoms with E-state index < -0.39 is 0 Å². The minimum absolute atomic E-state index is 0.936. The van der Waals surface area contributed by atoms with Crippen molar-refractivity contribution in [3.63, 3.8) is 0 Å². The van der Waals surface area contributed by atoms with Crippen LogP contribution in [0, 0.1) is 0 Å². The van der Waals surface area contributed by atoms with Gasteiger partial charge in [0.15, 0.2) is 0 Å². The molecule has 0 aliphatic carbocycles. The molecule has 0 N–H and O–H groups in total. The van der Waals surface area contributed by atoms with Gasteiger partial charge < -0.3 is 4.90 Å². The van der Waals surface area contributed by atoms with Crippen LogP contribution in [0.15, 0.2) is 146 Å². The third-order valence-corrected chi connectivity index (χ3v) is 6.27. The monoisotopic (exact) mass is 494 g/mol. The minimum Gasteiger partial charge on any atom is -0.311 e. The molecule has 0 aliphatic heterocycles. The molecular weight excluding hydrogens is 460 g/mol. The highest BCUT2D eigenvalue weighted by Crippen LogP contribution is 2.36. The highest BCUT2D eigenvalue weighted by molar-refractivity contribution is 5.81. The minimum atomic E-state index is 0.936. The van der Waals surface area contributed by atoms with Crippen LogP contribution >= 0.6 is 0 Å². The van der Waals surface area contributed by atoms with Crippen LogP contribution in [0.4, 0.5) is 17.1 Å². The summed E-state index contributed by atoms with van der Waals surface area (Å²) in [5, 5.41) is 0. The lowest BCUT2D eigenvalue weighted by atomic mass is 9.99. The Morgan fingerprint density at radius 1 is 0.711 bits per heavy atom. The Labute approximate surface area is 227 Å². The second kappa shape index (κ2) is 13.0. The van der Waals surface area contributed by atoms with Crippen molar-refractivity contribution in [2.75, 3.05) is 4.90 Å². The van der Waals surface area contributed by atoms with Crippen molar-refractivity contribution in [2.45, 2.75) is 20.8 Å². The molecule has 1 heterocycles. The second-order valence-electron chi connectivity index (χ2n) is 8.89. The molecule has 0 amide bonds. The molecule has 38 heavy (non-hydrogen) atoms. The molecule has 3 aromatic carbocycles. The Morgan fingerprint density at radius 3 is 1.84 bits per heavy atom. The first-order valence-corrected chi connectivity index (χ1v) is 12.9. The molecule has 0 saturated carbocycles. The number of benzene rings is 3. The fourth-order valence-corrected chi connectivity index (χ4v) is 4.28. The number of hydrogen-bond acceptors (Lipinski definition) is 2. The fraction of sp³-hybridized carbons (Fsp3) is 0.0833. The summed E-state index contributed by atoms with van der Waals surface area (Å²) in [6.07, 6.45) is 14.1. The van der Waals surface area contributed by atoms with Crippen molar-refractivity contribution >= 4 is 28.2 Å². The molecular formula is C36H34N2. The quantitative estimate of drug-likeness (QED) is 0.215. The van der Waals surface area contributed by atoms with Gasteiger partial charge in [-0.05, 0) is 91.6 Å². The van der Waals surface area contributed by atoms with Crippen molar-refractivity contribution in [3.05, 3.63) is 158 Å². The lowest BCUT2D eigenvalue weighted by Crippen LogP contribution is -2.09. The Bertz CT molecular complexity index is 1430. The number of nitrogens with zero attached hydrogens (tertiary/aromatic N) is 2. The van der Waals surface area contributed by atoms with Crippen molar-refractivity contribution in [2.24, 2.45) is 0 Å². The molecule has 0 radical (unpaired) electrons. The average molecular weight is 495 g/mol. The highest BCUT2D eigenvalue weighted by atomic mass is 15.1. The smallest absolute Gasteiger partial charge is 0.0712 e. The first kappa shape index (κ1) is 26.4. The van der Waals surface area contributed by atoms with Gasteiger partial charge in [0.1, 0.15) is 0 Å². The van der Waals surface area contributed by atoms with Crippen molar-refractivity contribution in [1.29, 1.82) is 0 Å². The molecule has 0 saturated heterocycles. The van der Waals surface area contributed by atoms with Crippen molar-refractivity contribution in [3.8, 4) is 11.1 Å². The van der Waals surface area contributed by atoms with Crippen LogP contribution in [0.2, 0.25) is 0 Å². The summed E-state index contributed by atoms with van der Waals surface area (Å²) in [6, 6.07) is 34.0. The number of rotatable bonds is 9. The Balaban J connectivity index is 1.79. The zero-order chi connectivity index (χ0) is 26.7. The molecule has 1 aromatic heterocycles. The maximum atomic E-state index is 5.00. The van der Waals surface area contributed by atoms with E-state index in [-0.39, 0.29) is 0 Å². The van der Waals surface area contributed by atoms with Gasteiger partial charge in [-0.15, -0.1) is 0 Å². The summed E-state index contributed by atoms with van der Waals surface area (Å²) in [5.74, 6) is 0. The number of pyridine rings is 1. The molecule has 0 atom stereocenters. The molecule has 0 unspecified atom stereocenters. The van der Waals surface area contributed by atoms with E-state index in [0.717, 1.165) is 50.7 Å². The van der Waals surface area contributed by atoms with Gasteiger partial charge in [0, 0.05) is 17.1 Å². The zero-order valence-electron chi connectivity index (χ0n) is 22.4. The van der Waals surface area contributed by atoms with Crippen LogP contribution < -0.4 is 4.90 Å². The lowest BCUT2D eigenvalue weighted by molar-refractivity contribution is 1.23. The lowest BCUT2D eigenvalue weighted by Gasteiger charge is -2.25. The molecule has 2 heteroatoms. The van der Waals surface area contributed by atoms with Crippen LogP contribution in [-0.2, 0) is 0 Å². The van der Waals surface area contributed by atoms with Gasteiger partial charge in [-0.1, -0.05) is 97.6 Å². The predicted octanol–water partition coefficient (Wildman–Crippen LogP) is 10.3. The van der Waals surface area contributed by atoms with Gasteiger partial charge >= 0.3 is 0 Å². The number of allylic oxidation sites excluding steroid dienone is 9. The van der Waals surface area contributed by atoms with Crippen LogP contribution in [0.25, 0.3) is 22.3 Å². The van der Waals surface area contributed by atoms with Crippen LogP contribution in [-0.4, -0.2) is 4.98 Å². The summed E-state index contributed by atoms with van der Waals surface area (Å²) in [5.41, 5.74) is 9.68. The molecule has 4 aromatic rings. The highest BCUT2D eigenvalue weighted by Gasteiger charge is 2.13. The summed E-state index contributed by atoms with van der Waals surface area (Å²) < 4.78 is 0. The first-order valence-electron chi connectivity index (χ1n) is 12.9. The Morgan fingerprint density at radius 2 is 1.29 bits per heavy atom. The fourth-order valence-electron chi connectivity index (χ4n) is 4.28. The molecule has 0 aliphatic rings. The van der Waals surface area contributed by atoms with Gasteiger partial charge in [0.05, 0.1) is 11.4 Å². The number of anilines is 3. The van der Waals surface area contributed by atoms with E-state index in [1.54, 1.807) is 6.08 Å². The normalized spacial score (nSPS) is 12.3. The van der Waals surface area contributed by atoms with Crippen molar-refractivity contribution < 1.29 is 0 Å². The second-order valence-corrected chi connectivity index (χ2v) is 8.89. The van der Waals surface area contributed by atoms with Gasteiger partial charge in [-0.3, -0.25) is 0 Å². The van der Waals surface area contributed by atoms with E-state index in [4.69, 9.17) is 4.98 Å². The van der Waals surface area contributed by atoms with Gasteiger partial charge in [-0.2, -0.15) is 0 Å². The maximum absolute atomic E-state index is 5.00. The van der Waals surface area contributed by atoms with E-state index in [2.05, 4.69) is 122 Å². The molecule has 0 fully saturated rings. The van der Waals surface area contributed by atoms with Crippen LogP contribution in [0.3, 0.4) is 0 Å². The molecule has 188 valence electrons. The summed E-state index contributed by atoms with van der Waals surface area (Å²) in [7, 11) is 0. The Hall–Kier alpha value is -4.69. The topological polar surface area (TPSA) is 16.1 Å². The van der Waals surface area contributed by atoms with Gasteiger partial charge in [0.2, 0.25) is 0 Å². The Kier molecular flexibility index (Phi) is 9.04. The van der Waals surface area contributed by atoms with Gasteiger partial charge in [0.25, 0.3) is 0 Å². The van der Waals surface area contributed by atoms with E-state index in [1.165, 1.54) is 0 Å². The third-order valence-electron chi connectivity index (χ3n) is 6.27. The molecule has 2 nitrogen and oxygen atoms in total. The summed E-state index contributed by atoms with van der Waals surface area (Å²) in [6.45, 7) is 9.98. The summed E-state index contributed by atoms with van der Waals surface area (Å²) >= 11 is 0. The third kappa shape index (κ3) is 6.35. The molecule has 4 rings (SSSR count). The maximum Gasteiger partial charge on any atom is 0.0712 e. The van der Waals surface area contributed by atoms with Crippen LogP contribution in [0.5, 0.6) is 0 Å². The van der Waals surface area contributed by atoms with E-state index >= 15 is 0 Å². The number of hydrogen-bond donors (Lipinski definition) is 0. The SMILES string of the molecule is C=C/C=C\C(=C/C)c1cc(-c2ccc(N(c3ccccc3)c3ccccc3)cc2)cc(/C(C)=C/C=C\C)n1. The summed E-state index contributed by atoms with van der Waals surface area (Å²) in [4.78, 5) is 7.27. The predicted molar refractivity (Wildman–Crippen MR) is 166 cm³/mol. The first-order chi connectivity index (χ1) is 18.6. The van der Waals surface area contributed by atoms with E-state index in [0.29, 0.717) is 0 Å².